The van der Waals surface area contributed by atoms with Crippen LogP contribution in [-0.2, 0) is 0 Å². The van der Waals surface area contributed by atoms with E-state index in [0.717, 1.165) is 25.7 Å². The van der Waals surface area contributed by atoms with Crippen molar-refractivity contribution in [1.29, 1.82) is 0 Å². The molecule has 0 fully saturated rings. The van der Waals surface area contributed by atoms with Gasteiger partial charge in [-0.05, 0) is 167 Å². The minimum Gasteiger partial charge on any atom is -0.0807 e. The van der Waals surface area contributed by atoms with Gasteiger partial charge in [-0.15, -0.1) is 0 Å². The Morgan fingerprint density at radius 2 is 0.889 bits per heavy atom. The van der Waals surface area contributed by atoms with Crippen molar-refractivity contribution < 1.29 is 0 Å². The molecule has 0 saturated heterocycles. The van der Waals surface area contributed by atoms with Gasteiger partial charge in [-0.3, -0.25) is 0 Å². The first-order chi connectivity index (χ1) is 26.6. The molecule has 2 aliphatic carbocycles. The van der Waals surface area contributed by atoms with Crippen LogP contribution >= 0.6 is 0 Å². The Labute approximate surface area is 317 Å². The van der Waals surface area contributed by atoms with E-state index in [4.69, 9.17) is 0 Å². The minimum atomic E-state index is 1.05. The molecule has 0 bridgehead atoms. The molecule has 0 nitrogen and oxygen atoms in total. The number of hydrogen-bond donors (Lipinski definition) is 0. The molecule has 0 unspecified atom stereocenters. The molecule has 0 amide bonds. The summed E-state index contributed by atoms with van der Waals surface area (Å²) in [5.41, 5.74) is 15.7. The lowest BCUT2D eigenvalue weighted by Gasteiger charge is -2.19. The van der Waals surface area contributed by atoms with Gasteiger partial charge in [0, 0.05) is 0 Å². The van der Waals surface area contributed by atoms with Crippen molar-refractivity contribution >= 4 is 50.0 Å². The van der Waals surface area contributed by atoms with E-state index in [2.05, 4.69) is 184 Å². The molecule has 0 N–H and O–H groups in total. The van der Waals surface area contributed by atoms with E-state index in [0.29, 0.717) is 0 Å². The number of fused-ring (bicyclic) bond motifs is 4. The van der Waals surface area contributed by atoms with E-state index in [1.165, 1.54) is 110 Å². The highest BCUT2D eigenvalue weighted by atomic mass is 14.2. The third-order valence-corrected chi connectivity index (χ3v) is 11.8. The summed E-state index contributed by atoms with van der Waals surface area (Å²) in [7, 11) is 0. The standard InChI is InChI=1S/C54H42/c1-35-14-3-6-19-43(35)52-34-40(27-26-36(52)2)45-31-30-44(46-20-7-8-21-47(45)46)39-17-13-18-41(33-39)53-48-22-9-11-24-50(48)54(51-25-12-10-23-49(51)53)42-29-28-37-15-4-5-16-38(37)32-42/h4-5,7-9,11,13-34H,3,6,10,12H2,1-2H3. The van der Waals surface area contributed by atoms with Gasteiger partial charge < -0.3 is 0 Å². The van der Waals surface area contributed by atoms with Gasteiger partial charge in [-0.25, -0.2) is 0 Å². The zero-order valence-corrected chi connectivity index (χ0v) is 31.0. The molecule has 0 spiro atoms. The molecule has 8 aromatic rings. The summed E-state index contributed by atoms with van der Waals surface area (Å²) in [6, 6.07) is 54.6. The van der Waals surface area contributed by atoms with Crippen molar-refractivity contribution in [2.24, 2.45) is 0 Å². The monoisotopic (exact) mass is 690 g/mol. The average Bonchev–Trinajstić information content (AvgIpc) is 3.23. The van der Waals surface area contributed by atoms with Crippen LogP contribution in [0.25, 0.3) is 94.6 Å². The molecule has 8 aromatic carbocycles. The third-order valence-electron chi connectivity index (χ3n) is 11.8. The van der Waals surface area contributed by atoms with Crippen LogP contribution in [0.1, 0.15) is 43.7 Å². The Hall–Kier alpha value is -6.24. The van der Waals surface area contributed by atoms with Crippen molar-refractivity contribution in [3.8, 4) is 44.5 Å². The van der Waals surface area contributed by atoms with Crippen molar-refractivity contribution in [1.82, 2.24) is 0 Å². The molecule has 0 aromatic heterocycles. The molecule has 0 atom stereocenters. The van der Waals surface area contributed by atoms with Gasteiger partial charge in [0.25, 0.3) is 0 Å². The highest BCUT2D eigenvalue weighted by Gasteiger charge is 2.18. The van der Waals surface area contributed by atoms with E-state index in [1.54, 1.807) is 0 Å². The molecule has 0 aliphatic heterocycles. The smallest absolute Gasteiger partial charge is 0.00295 e. The maximum absolute atomic E-state index is 2.48. The topological polar surface area (TPSA) is 0 Å². The quantitative estimate of drug-likeness (QED) is 0.169. The molecular formula is C54H42. The van der Waals surface area contributed by atoms with Gasteiger partial charge in [0.15, 0.2) is 0 Å². The zero-order chi connectivity index (χ0) is 36.2. The Bertz CT molecular complexity index is 3000. The first kappa shape index (κ1) is 32.4. The number of hydrogen-bond acceptors (Lipinski definition) is 0. The van der Waals surface area contributed by atoms with Crippen LogP contribution in [-0.4, -0.2) is 0 Å². The van der Waals surface area contributed by atoms with Crippen molar-refractivity contribution in [2.75, 3.05) is 0 Å². The largest absolute Gasteiger partial charge is 0.0807 e. The minimum absolute atomic E-state index is 1.05. The second-order valence-corrected chi connectivity index (χ2v) is 15.1. The Morgan fingerprint density at radius 3 is 1.57 bits per heavy atom. The first-order valence-electron chi connectivity index (χ1n) is 19.5. The second kappa shape index (κ2) is 13.3. The van der Waals surface area contributed by atoms with Gasteiger partial charge >= 0.3 is 0 Å². The lowest BCUT2D eigenvalue weighted by molar-refractivity contribution is 1.02. The highest BCUT2D eigenvalue weighted by molar-refractivity contribution is 6.09. The van der Waals surface area contributed by atoms with Gasteiger partial charge in [-0.1, -0.05) is 152 Å². The maximum atomic E-state index is 2.48. The highest BCUT2D eigenvalue weighted by Crippen LogP contribution is 2.40. The average molecular weight is 691 g/mol. The summed E-state index contributed by atoms with van der Waals surface area (Å²) in [6.07, 6.45) is 14.1. The van der Waals surface area contributed by atoms with Gasteiger partial charge in [-0.2, -0.15) is 0 Å². The van der Waals surface area contributed by atoms with E-state index in [-0.39, 0.29) is 0 Å². The third kappa shape index (κ3) is 5.44. The van der Waals surface area contributed by atoms with Crippen LogP contribution in [0.15, 0.2) is 163 Å². The molecule has 54 heavy (non-hydrogen) atoms. The molecule has 0 saturated carbocycles. The summed E-state index contributed by atoms with van der Waals surface area (Å²) in [4.78, 5) is 0. The summed E-state index contributed by atoms with van der Waals surface area (Å²) in [6.45, 7) is 4.49. The summed E-state index contributed by atoms with van der Waals surface area (Å²) in [5, 5.41) is 10.4. The molecule has 258 valence electrons. The molecule has 10 rings (SSSR count). The fraction of sp³-hybridized carbons (Fsp3) is 0.111. The van der Waals surface area contributed by atoms with Crippen molar-refractivity contribution in [3.63, 3.8) is 0 Å². The van der Waals surface area contributed by atoms with Crippen LogP contribution in [0.5, 0.6) is 0 Å². The summed E-state index contributed by atoms with van der Waals surface area (Å²) in [5.74, 6) is 0. The molecule has 0 heteroatoms. The molecule has 0 radical (unpaired) electrons. The van der Waals surface area contributed by atoms with E-state index >= 15 is 0 Å². The van der Waals surface area contributed by atoms with Crippen LogP contribution in [0, 0.1) is 6.92 Å². The van der Waals surface area contributed by atoms with Crippen molar-refractivity contribution in [3.05, 3.63) is 185 Å². The predicted octanol–water partition coefficient (Wildman–Crippen LogP) is 13.6. The van der Waals surface area contributed by atoms with Crippen LogP contribution in [0.2, 0.25) is 0 Å². The fourth-order valence-corrected chi connectivity index (χ4v) is 9.17. The Balaban J connectivity index is 1.13. The van der Waals surface area contributed by atoms with Crippen LogP contribution in [0.4, 0.5) is 0 Å². The number of aryl methyl sites for hydroxylation is 1. The number of benzene rings is 8. The molecule has 2 aliphatic rings. The molecule has 0 heterocycles. The lowest BCUT2D eigenvalue weighted by Crippen LogP contribution is -2.31. The Morgan fingerprint density at radius 1 is 0.352 bits per heavy atom. The van der Waals surface area contributed by atoms with E-state index < -0.39 is 0 Å². The van der Waals surface area contributed by atoms with Gasteiger partial charge in [0.05, 0.1) is 0 Å². The lowest BCUT2D eigenvalue weighted by atomic mass is 9.85. The Kier molecular flexibility index (Phi) is 7.99. The van der Waals surface area contributed by atoms with Crippen LogP contribution in [0.3, 0.4) is 0 Å². The van der Waals surface area contributed by atoms with E-state index in [9.17, 15) is 0 Å². The van der Waals surface area contributed by atoms with Gasteiger partial charge in [0.2, 0.25) is 0 Å². The summed E-state index contributed by atoms with van der Waals surface area (Å²) < 4.78 is 0. The first-order valence-corrected chi connectivity index (χ1v) is 19.5. The zero-order valence-electron chi connectivity index (χ0n) is 31.0. The summed E-state index contributed by atoms with van der Waals surface area (Å²) >= 11 is 0. The normalized spacial score (nSPS) is 14.0. The van der Waals surface area contributed by atoms with Gasteiger partial charge in [0.1, 0.15) is 0 Å². The molecular weight excluding hydrogens is 649 g/mol. The van der Waals surface area contributed by atoms with Crippen LogP contribution < -0.4 is 10.4 Å². The number of rotatable bonds is 5. The van der Waals surface area contributed by atoms with E-state index in [1.807, 2.05) is 0 Å². The number of allylic oxidation sites excluding steroid dienone is 4. The second-order valence-electron chi connectivity index (χ2n) is 15.1. The van der Waals surface area contributed by atoms with Crippen molar-refractivity contribution in [2.45, 2.75) is 39.5 Å². The fourth-order valence-electron chi connectivity index (χ4n) is 9.17. The maximum Gasteiger partial charge on any atom is -0.00295 e. The SMILES string of the molecule is CC1=CCCC=C1c1cc(-c2ccc(-c3cccc(-c4c5c(c(-c6ccc7ccccc7c6)c6ccccc46)=CCCC=5)c3)c3ccccc23)ccc1C. The predicted molar refractivity (Wildman–Crippen MR) is 234 cm³/mol.